The van der Waals surface area contributed by atoms with E-state index in [-0.39, 0.29) is 6.04 Å². The van der Waals surface area contributed by atoms with Crippen molar-refractivity contribution in [2.75, 3.05) is 13.6 Å². The van der Waals surface area contributed by atoms with Crippen LogP contribution in [0.1, 0.15) is 17.4 Å². The zero-order valence-electron chi connectivity index (χ0n) is 10.6. The Morgan fingerprint density at radius 3 is 2.84 bits per heavy atom. The highest BCUT2D eigenvalue weighted by molar-refractivity contribution is 9.10. The van der Waals surface area contributed by atoms with Crippen LogP contribution in [0.2, 0.25) is 5.02 Å². The number of rotatable bonds is 5. The fraction of sp³-hybridized carbons (Fsp3) is 0.286. The first kappa shape index (κ1) is 14.6. The van der Waals surface area contributed by atoms with E-state index < -0.39 is 0 Å². The van der Waals surface area contributed by atoms with Crippen LogP contribution >= 0.6 is 27.5 Å². The van der Waals surface area contributed by atoms with Gasteiger partial charge >= 0.3 is 0 Å². The smallest absolute Gasteiger partial charge is 0.117 e. The molecule has 2 N–H and O–H groups in total. The van der Waals surface area contributed by atoms with E-state index in [1.165, 1.54) is 0 Å². The summed E-state index contributed by atoms with van der Waals surface area (Å²) in [7, 11) is 2.02. The van der Waals surface area contributed by atoms with Gasteiger partial charge in [0.25, 0.3) is 0 Å². The van der Waals surface area contributed by atoms with Gasteiger partial charge in [0, 0.05) is 22.1 Å². The highest BCUT2D eigenvalue weighted by Gasteiger charge is 2.19. The van der Waals surface area contributed by atoms with Crippen molar-refractivity contribution >= 4 is 27.5 Å². The van der Waals surface area contributed by atoms with Crippen LogP contribution in [-0.4, -0.2) is 18.5 Å². The second-order valence-electron chi connectivity index (χ2n) is 4.41. The Morgan fingerprint density at radius 1 is 1.42 bits per heavy atom. The summed E-state index contributed by atoms with van der Waals surface area (Å²) in [6, 6.07) is 9.67. The van der Waals surface area contributed by atoms with Gasteiger partial charge in [0.1, 0.15) is 5.76 Å². The molecule has 1 heterocycles. The maximum absolute atomic E-state index is 6.07. The molecule has 2 aromatic rings. The number of hydrogen-bond donors (Lipinski definition) is 1. The second-order valence-corrected chi connectivity index (χ2v) is 5.70. The third kappa shape index (κ3) is 3.60. The molecule has 0 saturated heterocycles. The minimum absolute atomic E-state index is 0.0816. The quantitative estimate of drug-likeness (QED) is 0.897. The summed E-state index contributed by atoms with van der Waals surface area (Å²) >= 11 is 9.62. The molecule has 0 aliphatic heterocycles. The highest BCUT2D eigenvalue weighted by Crippen LogP contribution is 2.30. The summed E-state index contributed by atoms with van der Waals surface area (Å²) in [4.78, 5) is 2.15. The van der Waals surface area contributed by atoms with Crippen molar-refractivity contribution in [1.82, 2.24) is 4.90 Å². The number of furan rings is 1. The van der Waals surface area contributed by atoms with Gasteiger partial charge in [-0.2, -0.15) is 0 Å². The lowest BCUT2D eigenvalue weighted by Crippen LogP contribution is -2.30. The van der Waals surface area contributed by atoms with Gasteiger partial charge in [-0.25, -0.2) is 0 Å². The van der Waals surface area contributed by atoms with Crippen LogP contribution in [0.25, 0.3) is 0 Å². The standard InChI is InChI=1S/C14H16BrClN2O/c1-18(9-11-3-2-6-19-11)14(8-17)12-7-10(16)4-5-13(12)15/h2-7,14H,8-9,17H2,1H3. The lowest BCUT2D eigenvalue weighted by molar-refractivity contribution is 0.222. The Bertz CT molecular complexity index is 530. The van der Waals surface area contributed by atoms with Crippen LogP contribution in [0, 0.1) is 0 Å². The number of nitrogens with zero attached hydrogens (tertiary/aromatic N) is 1. The predicted octanol–water partition coefficient (Wildman–Crippen LogP) is 3.83. The van der Waals surface area contributed by atoms with Gasteiger partial charge in [-0.1, -0.05) is 27.5 Å². The predicted molar refractivity (Wildman–Crippen MR) is 81.1 cm³/mol. The van der Waals surface area contributed by atoms with E-state index in [1.54, 1.807) is 6.26 Å². The molecule has 19 heavy (non-hydrogen) atoms. The lowest BCUT2D eigenvalue weighted by Gasteiger charge is -2.27. The Kier molecular flexibility index (Phi) is 5.05. The molecule has 1 aromatic heterocycles. The van der Waals surface area contributed by atoms with E-state index in [2.05, 4.69) is 20.8 Å². The first-order valence-corrected chi connectivity index (χ1v) is 7.16. The molecule has 1 aromatic carbocycles. The molecule has 0 radical (unpaired) electrons. The number of benzene rings is 1. The molecule has 1 unspecified atom stereocenters. The maximum atomic E-state index is 6.07. The third-order valence-electron chi connectivity index (χ3n) is 3.06. The fourth-order valence-corrected chi connectivity index (χ4v) is 2.76. The third-order valence-corrected chi connectivity index (χ3v) is 4.01. The Labute approximate surface area is 126 Å². The summed E-state index contributed by atoms with van der Waals surface area (Å²) in [6.07, 6.45) is 1.68. The zero-order chi connectivity index (χ0) is 13.8. The van der Waals surface area contributed by atoms with Crippen LogP contribution in [0.4, 0.5) is 0 Å². The van der Waals surface area contributed by atoms with E-state index in [0.717, 1.165) is 15.8 Å². The molecule has 0 aliphatic rings. The molecule has 0 aliphatic carbocycles. The van der Waals surface area contributed by atoms with E-state index >= 15 is 0 Å². The molecule has 0 saturated carbocycles. The normalized spacial score (nSPS) is 12.9. The number of likely N-dealkylation sites (N-methyl/N-ethyl adjacent to an activating group) is 1. The highest BCUT2D eigenvalue weighted by atomic mass is 79.9. The zero-order valence-corrected chi connectivity index (χ0v) is 13.0. The largest absolute Gasteiger partial charge is 0.468 e. The Hall–Kier alpha value is -0.810. The maximum Gasteiger partial charge on any atom is 0.117 e. The van der Waals surface area contributed by atoms with Crippen molar-refractivity contribution in [3.05, 3.63) is 57.4 Å². The first-order chi connectivity index (χ1) is 9.11. The average molecular weight is 344 g/mol. The molecule has 102 valence electrons. The van der Waals surface area contributed by atoms with Gasteiger partial charge in [-0.3, -0.25) is 4.90 Å². The summed E-state index contributed by atoms with van der Waals surface area (Å²) in [5, 5.41) is 0.711. The van der Waals surface area contributed by atoms with E-state index in [0.29, 0.717) is 18.1 Å². The van der Waals surface area contributed by atoms with Crippen molar-refractivity contribution in [2.24, 2.45) is 5.73 Å². The molecule has 0 amide bonds. The van der Waals surface area contributed by atoms with E-state index in [4.69, 9.17) is 21.8 Å². The monoisotopic (exact) mass is 342 g/mol. The second kappa shape index (κ2) is 6.57. The van der Waals surface area contributed by atoms with Crippen LogP contribution in [-0.2, 0) is 6.54 Å². The molecule has 0 bridgehead atoms. The van der Waals surface area contributed by atoms with Crippen LogP contribution in [0.3, 0.4) is 0 Å². The number of nitrogens with two attached hydrogens (primary N) is 1. The minimum atomic E-state index is 0.0816. The Balaban J connectivity index is 2.21. The summed E-state index contributed by atoms with van der Waals surface area (Å²) in [5.74, 6) is 0.916. The van der Waals surface area contributed by atoms with Gasteiger partial charge in [0.15, 0.2) is 0 Å². The summed E-state index contributed by atoms with van der Waals surface area (Å²) in [6.45, 7) is 1.21. The molecule has 5 heteroatoms. The first-order valence-electron chi connectivity index (χ1n) is 5.99. The lowest BCUT2D eigenvalue weighted by atomic mass is 10.1. The van der Waals surface area contributed by atoms with Crippen molar-refractivity contribution in [2.45, 2.75) is 12.6 Å². The van der Waals surface area contributed by atoms with Crippen molar-refractivity contribution < 1.29 is 4.42 Å². The van der Waals surface area contributed by atoms with Crippen molar-refractivity contribution in [3.8, 4) is 0 Å². The Morgan fingerprint density at radius 2 is 2.21 bits per heavy atom. The minimum Gasteiger partial charge on any atom is -0.468 e. The summed E-state index contributed by atoms with van der Waals surface area (Å²) < 4.78 is 6.38. The number of hydrogen-bond acceptors (Lipinski definition) is 3. The van der Waals surface area contributed by atoms with E-state index in [9.17, 15) is 0 Å². The van der Waals surface area contributed by atoms with Gasteiger partial charge in [-0.15, -0.1) is 0 Å². The molecular weight excluding hydrogens is 328 g/mol. The molecule has 1 atom stereocenters. The summed E-state index contributed by atoms with van der Waals surface area (Å²) in [5.41, 5.74) is 7.00. The van der Waals surface area contributed by atoms with Crippen LogP contribution in [0.5, 0.6) is 0 Å². The van der Waals surface area contributed by atoms with Crippen LogP contribution in [0.15, 0.2) is 45.5 Å². The van der Waals surface area contributed by atoms with Gasteiger partial charge in [-0.05, 0) is 42.9 Å². The van der Waals surface area contributed by atoms with Crippen LogP contribution < -0.4 is 5.73 Å². The van der Waals surface area contributed by atoms with Gasteiger partial charge < -0.3 is 10.2 Å². The number of halogens is 2. The van der Waals surface area contributed by atoms with Crippen molar-refractivity contribution in [1.29, 1.82) is 0 Å². The van der Waals surface area contributed by atoms with Gasteiger partial charge in [0.05, 0.1) is 12.8 Å². The topological polar surface area (TPSA) is 42.4 Å². The molecule has 0 fully saturated rings. The molecule has 2 rings (SSSR count). The molecular formula is C14H16BrClN2O. The van der Waals surface area contributed by atoms with Gasteiger partial charge in [0.2, 0.25) is 0 Å². The average Bonchev–Trinajstić information content (AvgIpc) is 2.87. The fourth-order valence-electron chi connectivity index (χ4n) is 2.07. The van der Waals surface area contributed by atoms with Crippen molar-refractivity contribution in [3.63, 3.8) is 0 Å². The molecule has 0 spiro atoms. The molecule has 3 nitrogen and oxygen atoms in total. The van der Waals surface area contributed by atoms with E-state index in [1.807, 2.05) is 37.4 Å². The SMILES string of the molecule is CN(Cc1ccco1)C(CN)c1cc(Cl)ccc1Br.